The molecule has 1 fully saturated rings. The Morgan fingerprint density at radius 2 is 1.76 bits per heavy atom. The molecule has 0 saturated carbocycles. The summed E-state index contributed by atoms with van der Waals surface area (Å²) in [7, 11) is 0. The molecule has 0 radical (unpaired) electrons. The molecule has 1 saturated heterocycles. The van der Waals surface area contributed by atoms with Crippen LogP contribution in [0.25, 0.3) is 0 Å². The van der Waals surface area contributed by atoms with Crippen molar-refractivity contribution in [2.45, 2.75) is 57.9 Å². The van der Waals surface area contributed by atoms with Crippen LogP contribution in [0.2, 0.25) is 0 Å². The van der Waals surface area contributed by atoms with Gasteiger partial charge in [0.05, 0.1) is 5.69 Å². The van der Waals surface area contributed by atoms with Gasteiger partial charge in [-0.3, -0.25) is 9.59 Å². The van der Waals surface area contributed by atoms with Crippen LogP contribution in [0, 0.1) is 0 Å². The Labute approximate surface area is 124 Å². The summed E-state index contributed by atoms with van der Waals surface area (Å²) in [5.41, 5.74) is 1.94. The highest BCUT2D eigenvalue weighted by atomic mass is 16.2. The second-order valence-corrected chi connectivity index (χ2v) is 6.11. The van der Waals surface area contributed by atoms with E-state index in [-0.39, 0.29) is 18.0 Å². The van der Waals surface area contributed by atoms with E-state index in [2.05, 4.69) is 5.10 Å². The molecule has 1 amide bonds. The molecule has 3 rings (SSSR count). The molecule has 0 atom stereocenters. The van der Waals surface area contributed by atoms with Gasteiger partial charge < -0.3 is 4.90 Å². The molecule has 2 heterocycles. The van der Waals surface area contributed by atoms with Crippen molar-refractivity contribution in [2.24, 2.45) is 0 Å². The summed E-state index contributed by atoms with van der Waals surface area (Å²) >= 11 is 0. The molecule has 0 N–H and O–H groups in total. The number of rotatable bonds is 2. The zero-order chi connectivity index (χ0) is 14.7. The minimum Gasteiger partial charge on any atom is -0.341 e. The highest BCUT2D eigenvalue weighted by molar-refractivity contribution is 5.75. The summed E-state index contributed by atoms with van der Waals surface area (Å²) in [5.74, 6) is 0.0299. The van der Waals surface area contributed by atoms with Crippen LogP contribution in [0.5, 0.6) is 0 Å². The Kier molecular flexibility index (Phi) is 4.36. The van der Waals surface area contributed by atoms with Gasteiger partial charge in [0.2, 0.25) is 5.91 Å². The van der Waals surface area contributed by atoms with Crippen LogP contribution in [0.3, 0.4) is 0 Å². The monoisotopic (exact) mass is 289 g/mol. The number of aryl methyl sites for hydroxylation is 2. The van der Waals surface area contributed by atoms with Crippen molar-refractivity contribution in [3.8, 4) is 0 Å². The Hall–Kier alpha value is -1.65. The van der Waals surface area contributed by atoms with Crippen molar-refractivity contribution < 1.29 is 4.79 Å². The zero-order valence-electron chi connectivity index (χ0n) is 12.5. The molecule has 0 spiro atoms. The van der Waals surface area contributed by atoms with Crippen LogP contribution < -0.4 is 5.56 Å². The van der Waals surface area contributed by atoms with Crippen LogP contribution in [0.15, 0.2) is 10.9 Å². The second-order valence-electron chi connectivity index (χ2n) is 6.11. The van der Waals surface area contributed by atoms with Gasteiger partial charge in [0.1, 0.15) is 6.54 Å². The van der Waals surface area contributed by atoms with Gasteiger partial charge in [0, 0.05) is 19.2 Å². The fourth-order valence-electron chi connectivity index (χ4n) is 3.26. The third kappa shape index (κ3) is 3.34. The highest BCUT2D eigenvalue weighted by Crippen LogP contribution is 2.17. The van der Waals surface area contributed by atoms with Gasteiger partial charge in [-0.2, -0.15) is 5.10 Å². The zero-order valence-corrected chi connectivity index (χ0v) is 12.5. The molecule has 114 valence electrons. The van der Waals surface area contributed by atoms with E-state index in [1.54, 1.807) is 6.07 Å². The van der Waals surface area contributed by atoms with Crippen molar-refractivity contribution in [2.75, 3.05) is 13.1 Å². The molecular weight excluding hydrogens is 266 g/mol. The van der Waals surface area contributed by atoms with E-state index >= 15 is 0 Å². The first-order valence-corrected chi connectivity index (χ1v) is 8.12. The first-order chi connectivity index (χ1) is 10.2. The number of fused-ring (bicyclic) bond motifs is 1. The van der Waals surface area contributed by atoms with E-state index in [9.17, 15) is 9.59 Å². The Morgan fingerprint density at radius 1 is 1.05 bits per heavy atom. The van der Waals surface area contributed by atoms with Gasteiger partial charge in [-0.1, -0.05) is 12.8 Å². The predicted octanol–water partition coefficient (Wildman–Crippen LogP) is 1.52. The fraction of sp³-hybridized carbons (Fsp3) is 0.688. The Bertz CT molecular complexity index is 571. The van der Waals surface area contributed by atoms with Gasteiger partial charge in [0.25, 0.3) is 5.56 Å². The molecule has 0 aromatic carbocycles. The van der Waals surface area contributed by atoms with E-state index in [4.69, 9.17) is 0 Å². The van der Waals surface area contributed by atoms with Crippen LogP contribution >= 0.6 is 0 Å². The minimum absolute atomic E-state index is 0.0299. The van der Waals surface area contributed by atoms with Crippen LogP contribution in [0.1, 0.15) is 49.8 Å². The Morgan fingerprint density at radius 3 is 2.52 bits per heavy atom. The molecule has 21 heavy (non-hydrogen) atoms. The maximum Gasteiger partial charge on any atom is 0.267 e. The molecular formula is C16H23N3O2. The van der Waals surface area contributed by atoms with Gasteiger partial charge in [-0.25, -0.2) is 4.68 Å². The molecule has 0 unspecified atom stereocenters. The maximum atomic E-state index is 12.4. The van der Waals surface area contributed by atoms with E-state index in [0.717, 1.165) is 62.9 Å². The van der Waals surface area contributed by atoms with Crippen molar-refractivity contribution in [3.63, 3.8) is 0 Å². The first kappa shape index (κ1) is 14.3. The number of carbonyl (C=O) groups excluding carboxylic acids is 1. The second kappa shape index (κ2) is 6.41. The van der Waals surface area contributed by atoms with Crippen molar-refractivity contribution in [1.82, 2.24) is 14.7 Å². The normalized spacial score (nSPS) is 19.0. The number of nitrogens with zero attached hydrogens (tertiary/aromatic N) is 3. The van der Waals surface area contributed by atoms with Gasteiger partial charge in [0.15, 0.2) is 0 Å². The van der Waals surface area contributed by atoms with Crippen molar-refractivity contribution in [3.05, 3.63) is 27.7 Å². The Balaban J connectivity index is 1.74. The van der Waals surface area contributed by atoms with E-state index in [1.165, 1.54) is 17.5 Å². The van der Waals surface area contributed by atoms with Crippen LogP contribution in [-0.2, 0) is 24.2 Å². The lowest BCUT2D eigenvalue weighted by Crippen LogP contribution is -2.38. The molecule has 5 heteroatoms. The number of likely N-dealkylation sites (tertiary alicyclic amines) is 1. The molecule has 1 aromatic heterocycles. The van der Waals surface area contributed by atoms with Crippen LogP contribution in [-0.4, -0.2) is 33.7 Å². The molecule has 2 aliphatic rings. The lowest BCUT2D eigenvalue weighted by Gasteiger charge is -2.21. The molecule has 1 aromatic rings. The standard InChI is InChI=1S/C16H23N3O2/c20-15-11-13-7-3-4-8-14(13)17-19(15)12-16(21)18-9-5-1-2-6-10-18/h11H,1-10,12H2. The number of hydrogen-bond acceptors (Lipinski definition) is 3. The lowest BCUT2D eigenvalue weighted by atomic mass is 9.97. The summed E-state index contributed by atoms with van der Waals surface area (Å²) in [5, 5.41) is 4.43. The SMILES string of the molecule is O=C(Cn1nc2c(cc1=O)CCCC2)N1CCCCCC1. The quantitative estimate of drug-likeness (QED) is 0.829. The summed E-state index contributed by atoms with van der Waals surface area (Å²) < 4.78 is 1.36. The summed E-state index contributed by atoms with van der Waals surface area (Å²) in [6, 6.07) is 1.68. The molecule has 1 aliphatic heterocycles. The lowest BCUT2D eigenvalue weighted by molar-refractivity contribution is -0.132. The summed E-state index contributed by atoms with van der Waals surface area (Å²) in [4.78, 5) is 26.4. The third-order valence-corrected chi connectivity index (χ3v) is 4.52. The van der Waals surface area contributed by atoms with Gasteiger partial charge in [-0.15, -0.1) is 0 Å². The predicted molar refractivity (Wildman–Crippen MR) is 80.2 cm³/mol. The fourth-order valence-corrected chi connectivity index (χ4v) is 3.26. The topological polar surface area (TPSA) is 55.2 Å². The third-order valence-electron chi connectivity index (χ3n) is 4.52. The number of carbonyl (C=O) groups is 1. The number of aromatic nitrogens is 2. The number of hydrogen-bond donors (Lipinski definition) is 0. The molecule has 5 nitrogen and oxygen atoms in total. The first-order valence-electron chi connectivity index (χ1n) is 8.12. The molecule has 0 bridgehead atoms. The van der Waals surface area contributed by atoms with E-state index in [1.807, 2.05) is 4.90 Å². The van der Waals surface area contributed by atoms with E-state index < -0.39 is 0 Å². The van der Waals surface area contributed by atoms with Gasteiger partial charge in [-0.05, 0) is 44.1 Å². The average molecular weight is 289 g/mol. The summed E-state index contributed by atoms with van der Waals surface area (Å²) in [6.45, 7) is 1.73. The summed E-state index contributed by atoms with van der Waals surface area (Å²) in [6.07, 6.45) is 8.65. The smallest absolute Gasteiger partial charge is 0.267 e. The number of amides is 1. The van der Waals surface area contributed by atoms with Crippen molar-refractivity contribution >= 4 is 5.91 Å². The average Bonchev–Trinajstić information content (AvgIpc) is 2.77. The van der Waals surface area contributed by atoms with Crippen LogP contribution in [0.4, 0.5) is 0 Å². The van der Waals surface area contributed by atoms with Gasteiger partial charge >= 0.3 is 0 Å². The maximum absolute atomic E-state index is 12.4. The largest absolute Gasteiger partial charge is 0.341 e. The van der Waals surface area contributed by atoms with E-state index in [0.29, 0.717) is 0 Å². The minimum atomic E-state index is -0.140. The highest BCUT2D eigenvalue weighted by Gasteiger charge is 2.18. The molecule has 1 aliphatic carbocycles. The van der Waals surface area contributed by atoms with Crippen molar-refractivity contribution in [1.29, 1.82) is 0 Å².